The van der Waals surface area contributed by atoms with E-state index in [1.807, 2.05) is 13.1 Å². The molecule has 27 heavy (non-hydrogen) atoms. The van der Waals surface area contributed by atoms with Crippen LogP contribution in [0.1, 0.15) is 12.5 Å². The quantitative estimate of drug-likeness (QED) is 0.244. The number of likely N-dealkylation sites (N-methyl/N-ethyl adjacent to an activating group) is 1. The molecule has 148 valence electrons. The van der Waals surface area contributed by atoms with Crippen molar-refractivity contribution in [3.63, 3.8) is 0 Å². The number of amides is 1. The molecule has 0 unspecified atom stereocenters. The highest BCUT2D eigenvalue weighted by molar-refractivity contribution is 14.0. The average Bonchev–Trinajstić information content (AvgIpc) is 2.98. The lowest BCUT2D eigenvalue weighted by molar-refractivity contribution is -0.127. The summed E-state index contributed by atoms with van der Waals surface area (Å²) in [5.74, 6) is 0.224. The molecule has 0 atom stereocenters. The lowest BCUT2D eigenvalue weighted by Gasteiger charge is -2.13. The molecule has 0 fully saturated rings. The van der Waals surface area contributed by atoms with Gasteiger partial charge in [0, 0.05) is 44.3 Å². The molecule has 0 aliphatic heterocycles. The first-order valence-electron chi connectivity index (χ1n) is 8.49. The topological polar surface area (TPSA) is 72.5 Å². The summed E-state index contributed by atoms with van der Waals surface area (Å²) in [6.07, 6.45) is 2.58. The molecule has 1 aromatic heterocycles. The summed E-state index contributed by atoms with van der Waals surface area (Å²) in [4.78, 5) is 20.7. The zero-order valence-electron chi connectivity index (χ0n) is 15.9. The van der Waals surface area contributed by atoms with E-state index in [1.54, 1.807) is 20.2 Å². The van der Waals surface area contributed by atoms with E-state index < -0.39 is 0 Å². The zero-order valence-corrected chi connectivity index (χ0v) is 18.3. The van der Waals surface area contributed by atoms with E-state index in [2.05, 4.69) is 27.2 Å². The van der Waals surface area contributed by atoms with Gasteiger partial charge in [0.15, 0.2) is 5.96 Å². The number of aromatic nitrogens is 1. The Morgan fingerprint density at radius 3 is 2.74 bits per heavy atom. The van der Waals surface area contributed by atoms with Crippen LogP contribution < -0.4 is 10.6 Å². The molecule has 1 amide bonds. The molecule has 0 bridgehead atoms. The number of hydrogen-bond acceptors (Lipinski definition) is 2. The number of rotatable bonds is 7. The van der Waals surface area contributed by atoms with Gasteiger partial charge in [0.25, 0.3) is 0 Å². The van der Waals surface area contributed by atoms with Gasteiger partial charge in [-0.25, -0.2) is 9.38 Å². The molecule has 0 spiro atoms. The maximum atomic E-state index is 13.5. The van der Waals surface area contributed by atoms with E-state index in [4.69, 9.17) is 0 Å². The molecule has 0 aliphatic rings. The fraction of sp³-hybridized carbons (Fsp3) is 0.368. The summed E-state index contributed by atoms with van der Waals surface area (Å²) in [5.41, 5.74) is 2.90. The number of carbonyl (C=O) groups is 1. The predicted molar refractivity (Wildman–Crippen MR) is 119 cm³/mol. The largest absolute Gasteiger partial charge is 0.361 e. The third kappa shape index (κ3) is 7.20. The second-order valence-corrected chi connectivity index (χ2v) is 6.44. The van der Waals surface area contributed by atoms with Crippen molar-refractivity contribution in [2.24, 2.45) is 4.99 Å². The van der Waals surface area contributed by atoms with Crippen molar-refractivity contribution in [1.82, 2.24) is 20.5 Å². The van der Waals surface area contributed by atoms with Crippen LogP contribution in [0.5, 0.6) is 0 Å². The molecule has 0 saturated heterocycles. The number of fused-ring (bicyclic) bond motifs is 1. The van der Waals surface area contributed by atoms with Crippen LogP contribution in [0, 0.1) is 5.82 Å². The van der Waals surface area contributed by atoms with Crippen LogP contribution in [0.4, 0.5) is 4.39 Å². The van der Waals surface area contributed by atoms with E-state index in [1.165, 1.54) is 17.0 Å². The number of nitrogens with zero attached hydrogens (tertiary/aromatic N) is 2. The number of halogens is 2. The number of aromatic amines is 1. The minimum atomic E-state index is -0.251. The number of guanidine groups is 1. The monoisotopic (exact) mass is 487 g/mol. The molecule has 1 aromatic carbocycles. The van der Waals surface area contributed by atoms with E-state index in [0.29, 0.717) is 25.5 Å². The summed E-state index contributed by atoms with van der Waals surface area (Å²) in [5, 5.41) is 7.22. The van der Waals surface area contributed by atoms with E-state index >= 15 is 0 Å². The Morgan fingerprint density at radius 2 is 2.07 bits per heavy atom. The molecule has 0 aliphatic carbocycles. The Morgan fingerprint density at radius 1 is 1.33 bits per heavy atom. The van der Waals surface area contributed by atoms with E-state index in [9.17, 15) is 9.18 Å². The highest BCUT2D eigenvalue weighted by Crippen LogP contribution is 2.19. The number of aliphatic imine (C=N–C) groups is 1. The van der Waals surface area contributed by atoms with Gasteiger partial charge in [-0.15, -0.1) is 24.0 Å². The van der Waals surface area contributed by atoms with E-state index in [0.717, 1.165) is 22.0 Å². The Kier molecular flexibility index (Phi) is 9.27. The molecule has 0 radical (unpaired) electrons. The molecule has 6 nitrogen and oxygen atoms in total. The first-order valence-corrected chi connectivity index (χ1v) is 8.49. The minimum Gasteiger partial charge on any atom is -0.361 e. The van der Waals surface area contributed by atoms with Gasteiger partial charge in [0.1, 0.15) is 12.4 Å². The van der Waals surface area contributed by atoms with Crippen molar-refractivity contribution in [2.45, 2.75) is 13.3 Å². The zero-order chi connectivity index (χ0) is 19.1. The fourth-order valence-corrected chi connectivity index (χ4v) is 2.37. The first kappa shape index (κ1) is 22.9. The SMILES string of the molecule is C=C(C)CNC(=NCC(=O)N(C)C)NCCc1c[nH]c2ccc(F)cc12.I. The van der Waals surface area contributed by atoms with Crippen LogP contribution in [0.2, 0.25) is 0 Å². The van der Waals surface area contributed by atoms with Crippen molar-refractivity contribution >= 4 is 46.7 Å². The maximum absolute atomic E-state index is 13.5. The van der Waals surface area contributed by atoms with Crippen molar-refractivity contribution in [3.8, 4) is 0 Å². The van der Waals surface area contributed by atoms with Crippen LogP contribution in [-0.4, -0.2) is 55.5 Å². The van der Waals surface area contributed by atoms with Crippen LogP contribution in [0.15, 0.2) is 41.5 Å². The highest BCUT2D eigenvalue weighted by atomic mass is 127. The molecule has 0 saturated carbocycles. The Balaban J connectivity index is 0.00000364. The fourth-order valence-electron chi connectivity index (χ4n) is 2.37. The van der Waals surface area contributed by atoms with Gasteiger partial charge in [-0.05, 0) is 37.1 Å². The van der Waals surface area contributed by atoms with Gasteiger partial charge < -0.3 is 20.5 Å². The number of benzene rings is 1. The number of hydrogen-bond donors (Lipinski definition) is 3. The second kappa shape index (κ2) is 10.9. The smallest absolute Gasteiger partial charge is 0.243 e. The van der Waals surface area contributed by atoms with Gasteiger partial charge in [0.2, 0.25) is 5.91 Å². The lowest BCUT2D eigenvalue weighted by Crippen LogP contribution is -2.40. The normalized spacial score (nSPS) is 11.0. The molecule has 8 heteroatoms. The van der Waals surface area contributed by atoms with Crippen molar-refractivity contribution in [1.29, 1.82) is 0 Å². The number of nitrogens with one attached hydrogen (secondary N) is 3. The Labute approximate surface area is 176 Å². The number of carbonyl (C=O) groups excluding carboxylic acids is 1. The maximum Gasteiger partial charge on any atom is 0.243 e. The second-order valence-electron chi connectivity index (χ2n) is 6.44. The van der Waals surface area contributed by atoms with Crippen molar-refractivity contribution < 1.29 is 9.18 Å². The number of H-pyrrole nitrogens is 1. The standard InChI is InChI=1S/C19H26FN5O.HI/c1-13(2)10-23-19(24-12-18(26)25(3)4)21-8-7-14-11-22-17-6-5-15(20)9-16(14)17;/h5-6,9,11,22H,1,7-8,10,12H2,2-4H3,(H2,21,23,24);1H. The highest BCUT2D eigenvalue weighted by Gasteiger charge is 2.07. The third-order valence-corrected chi connectivity index (χ3v) is 3.85. The summed E-state index contributed by atoms with van der Waals surface area (Å²) in [7, 11) is 3.39. The van der Waals surface area contributed by atoms with Crippen LogP contribution in [0.25, 0.3) is 10.9 Å². The summed E-state index contributed by atoms with van der Waals surface area (Å²) >= 11 is 0. The summed E-state index contributed by atoms with van der Waals surface area (Å²) in [6, 6.07) is 4.70. The van der Waals surface area contributed by atoms with Crippen molar-refractivity contribution in [2.75, 3.05) is 33.7 Å². The van der Waals surface area contributed by atoms with Gasteiger partial charge in [-0.2, -0.15) is 0 Å². The third-order valence-electron chi connectivity index (χ3n) is 3.85. The van der Waals surface area contributed by atoms with Gasteiger partial charge in [-0.1, -0.05) is 12.2 Å². The first-order chi connectivity index (χ1) is 12.4. The molecular weight excluding hydrogens is 460 g/mol. The Bertz CT molecular complexity index is 816. The van der Waals surface area contributed by atoms with Gasteiger partial charge >= 0.3 is 0 Å². The summed E-state index contributed by atoms with van der Waals surface area (Å²) < 4.78 is 13.5. The molecule has 3 N–H and O–H groups in total. The van der Waals surface area contributed by atoms with Crippen molar-refractivity contribution in [3.05, 3.63) is 47.9 Å². The molecular formula is C19H27FIN5O. The van der Waals surface area contributed by atoms with Gasteiger partial charge in [0.05, 0.1) is 0 Å². The molecule has 1 heterocycles. The lowest BCUT2D eigenvalue weighted by atomic mass is 10.1. The predicted octanol–water partition coefficient (Wildman–Crippen LogP) is 2.67. The molecule has 2 rings (SSSR count). The van der Waals surface area contributed by atoms with Crippen LogP contribution >= 0.6 is 24.0 Å². The minimum absolute atomic E-state index is 0. The van der Waals surface area contributed by atoms with Gasteiger partial charge in [-0.3, -0.25) is 4.79 Å². The molecule has 2 aromatic rings. The van der Waals surface area contributed by atoms with E-state index in [-0.39, 0.29) is 42.2 Å². The Hall–Kier alpha value is -2.10. The van der Waals surface area contributed by atoms with Crippen LogP contribution in [-0.2, 0) is 11.2 Å². The van der Waals surface area contributed by atoms with Crippen LogP contribution in [0.3, 0.4) is 0 Å². The average molecular weight is 487 g/mol. The summed E-state index contributed by atoms with van der Waals surface area (Å²) in [6.45, 7) is 7.00.